The Bertz CT molecular complexity index is 774. The van der Waals surface area contributed by atoms with Crippen LogP contribution in [0.5, 0.6) is 11.8 Å². The first-order chi connectivity index (χ1) is 10.3. The molecule has 0 spiro atoms. The molecule has 0 N–H and O–H groups in total. The molecule has 1 heterocycles. The van der Waals surface area contributed by atoms with Crippen molar-refractivity contribution in [2.45, 2.75) is 0 Å². The third-order valence-corrected chi connectivity index (χ3v) is 3.35. The quantitative estimate of drug-likeness (QED) is 0.680. The van der Waals surface area contributed by atoms with E-state index in [4.69, 9.17) is 4.74 Å². The first-order valence-corrected chi connectivity index (χ1v) is 6.83. The van der Waals surface area contributed by atoms with E-state index in [-0.39, 0.29) is 6.01 Å². The van der Waals surface area contributed by atoms with Gasteiger partial charge in [-0.15, -0.1) is 0 Å². The fourth-order valence-corrected chi connectivity index (χ4v) is 2.22. The molecule has 0 fully saturated rings. The van der Waals surface area contributed by atoms with Gasteiger partial charge in [0.1, 0.15) is 12.0 Å². The normalized spacial score (nSPS) is 10.3. The zero-order valence-electron chi connectivity index (χ0n) is 10.7. The Balaban J connectivity index is 1.93. The summed E-state index contributed by atoms with van der Waals surface area (Å²) in [6.45, 7) is 0. The van der Waals surface area contributed by atoms with Crippen LogP contribution in [0, 0.1) is 0 Å². The van der Waals surface area contributed by atoms with Crippen molar-refractivity contribution >= 4 is 22.2 Å². The number of tetrazole rings is 1. The second-order valence-corrected chi connectivity index (χ2v) is 4.97. The Morgan fingerprint density at radius 1 is 1.14 bits per heavy atom. The summed E-state index contributed by atoms with van der Waals surface area (Å²) in [5.41, 5.74) is 1.34. The maximum atomic E-state index is 10.7. The summed E-state index contributed by atoms with van der Waals surface area (Å²) in [6, 6.07) is 14.6. The zero-order chi connectivity index (χ0) is 14.7. The number of carbonyl (C=O) groups excluding carboxylic acids is 1. The minimum absolute atomic E-state index is 0.237. The SMILES string of the molecule is O=Cc1ccc(Oc2nnnn2-c2ccccc2)c(Br)c1. The molecule has 6 nitrogen and oxygen atoms in total. The first kappa shape index (κ1) is 13.4. The van der Waals surface area contributed by atoms with Gasteiger partial charge in [-0.3, -0.25) is 4.79 Å². The monoisotopic (exact) mass is 344 g/mol. The Labute approximate surface area is 128 Å². The highest BCUT2D eigenvalue weighted by molar-refractivity contribution is 9.10. The highest BCUT2D eigenvalue weighted by atomic mass is 79.9. The molecule has 0 saturated heterocycles. The van der Waals surface area contributed by atoms with Gasteiger partial charge in [-0.05, 0) is 56.7 Å². The summed E-state index contributed by atoms with van der Waals surface area (Å²) in [5, 5.41) is 11.4. The fourth-order valence-electron chi connectivity index (χ4n) is 1.75. The lowest BCUT2D eigenvalue weighted by molar-refractivity contribution is 0.112. The molecule has 0 aliphatic heterocycles. The lowest BCUT2D eigenvalue weighted by Crippen LogP contribution is -2.00. The van der Waals surface area contributed by atoms with Crippen LogP contribution in [0.1, 0.15) is 10.4 Å². The number of carbonyl (C=O) groups is 1. The number of hydrogen-bond acceptors (Lipinski definition) is 5. The van der Waals surface area contributed by atoms with Crippen molar-refractivity contribution in [2.75, 3.05) is 0 Å². The molecule has 1 aromatic heterocycles. The van der Waals surface area contributed by atoms with Gasteiger partial charge in [-0.1, -0.05) is 23.3 Å². The third-order valence-electron chi connectivity index (χ3n) is 2.73. The van der Waals surface area contributed by atoms with E-state index in [0.29, 0.717) is 15.8 Å². The highest BCUT2D eigenvalue weighted by Gasteiger charge is 2.12. The largest absolute Gasteiger partial charge is 0.422 e. The number of halogens is 1. The standard InChI is InChI=1S/C14H9BrN4O2/c15-12-8-10(9-20)6-7-13(12)21-14-16-17-18-19(14)11-4-2-1-3-5-11/h1-9H. The average Bonchev–Trinajstić information content (AvgIpc) is 2.98. The number of aromatic nitrogens is 4. The van der Waals surface area contributed by atoms with E-state index in [1.165, 1.54) is 4.68 Å². The van der Waals surface area contributed by atoms with Gasteiger partial charge in [0.25, 0.3) is 0 Å². The van der Waals surface area contributed by atoms with Crippen molar-refractivity contribution in [1.29, 1.82) is 0 Å². The van der Waals surface area contributed by atoms with Crippen LogP contribution in [0.4, 0.5) is 0 Å². The number of aldehydes is 1. The Morgan fingerprint density at radius 3 is 2.67 bits per heavy atom. The Kier molecular flexibility index (Phi) is 3.74. The lowest BCUT2D eigenvalue weighted by atomic mass is 10.2. The molecule has 0 atom stereocenters. The molecule has 0 aliphatic carbocycles. The van der Waals surface area contributed by atoms with Crippen molar-refractivity contribution in [3.63, 3.8) is 0 Å². The first-order valence-electron chi connectivity index (χ1n) is 6.04. The van der Waals surface area contributed by atoms with E-state index in [1.807, 2.05) is 30.3 Å². The molecule has 2 aromatic carbocycles. The molecule has 0 bridgehead atoms. The Hall–Kier alpha value is -2.54. The molecule has 104 valence electrons. The van der Waals surface area contributed by atoms with Crippen LogP contribution in [0.25, 0.3) is 5.69 Å². The molecule has 7 heteroatoms. The van der Waals surface area contributed by atoms with Crippen LogP contribution in [0.3, 0.4) is 0 Å². The third kappa shape index (κ3) is 2.82. The zero-order valence-corrected chi connectivity index (χ0v) is 12.3. The molecule has 3 aromatic rings. The van der Waals surface area contributed by atoms with E-state index in [9.17, 15) is 4.79 Å². The Morgan fingerprint density at radius 2 is 1.95 bits per heavy atom. The summed E-state index contributed by atoms with van der Waals surface area (Å²) >= 11 is 3.35. The predicted octanol–water partition coefficient (Wildman–Crippen LogP) is 3.03. The molecule has 3 rings (SSSR count). The van der Waals surface area contributed by atoms with Crippen molar-refractivity contribution in [3.05, 3.63) is 58.6 Å². The molecule has 0 aliphatic rings. The van der Waals surface area contributed by atoms with Gasteiger partial charge in [0.15, 0.2) is 0 Å². The van der Waals surface area contributed by atoms with Gasteiger partial charge >= 0.3 is 6.01 Å². The van der Waals surface area contributed by atoms with Gasteiger partial charge in [-0.25, -0.2) is 0 Å². The molecule has 0 unspecified atom stereocenters. The van der Waals surface area contributed by atoms with Crippen molar-refractivity contribution in [2.24, 2.45) is 0 Å². The lowest BCUT2D eigenvalue weighted by Gasteiger charge is -2.07. The number of ether oxygens (including phenoxy) is 1. The van der Waals surface area contributed by atoms with Gasteiger partial charge in [0.05, 0.1) is 10.2 Å². The highest BCUT2D eigenvalue weighted by Crippen LogP contribution is 2.29. The fraction of sp³-hybridized carbons (Fsp3) is 0. The van der Waals surface area contributed by atoms with Crippen LogP contribution in [-0.4, -0.2) is 26.5 Å². The number of rotatable bonds is 4. The van der Waals surface area contributed by atoms with E-state index in [1.54, 1.807) is 18.2 Å². The number of para-hydroxylation sites is 1. The number of benzene rings is 2. The topological polar surface area (TPSA) is 69.9 Å². The minimum atomic E-state index is 0.237. The van der Waals surface area contributed by atoms with Crippen LogP contribution in [0.15, 0.2) is 53.0 Å². The molecule has 0 saturated carbocycles. The maximum absolute atomic E-state index is 10.7. The number of nitrogens with zero attached hydrogens (tertiary/aromatic N) is 4. The molecule has 0 radical (unpaired) electrons. The molecule has 21 heavy (non-hydrogen) atoms. The second-order valence-electron chi connectivity index (χ2n) is 4.12. The van der Waals surface area contributed by atoms with E-state index < -0.39 is 0 Å². The summed E-state index contributed by atoms with van der Waals surface area (Å²) in [4.78, 5) is 10.7. The molecular formula is C14H9BrN4O2. The van der Waals surface area contributed by atoms with Gasteiger partial charge < -0.3 is 4.74 Å². The van der Waals surface area contributed by atoms with E-state index in [2.05, 4.69) is 31.5 Å². The average molecular weight is 345 g/mol. The van der Waals surface area contributed by atoms with Gasteiger partial charge in [-0.2, -0.15) is 4.68 Å². The summed E-state index contributed by atoms with van der Waals surface area (Å²) in [5.74, 6) is 0.521. The van der Waals surface area contributed by atoms with Crippen LogP contribution >= 0.6 is 15.9 Å². The predicted molar refractivity (Wildman–Crippen MR) is 78.8 cm³/mol. The second kappa shape index (κ2) is 5.84. The van der Waals surface area contributed by atoms with Crippen LogP contribution in [-0.2, 0) is 0 Å². The minimum Gasteiger partial charge on any atom is -0.422 e. The summed E-state index contributed by atoms with van der Waals surface area (Å²) < 4.78 is 7.83. The summed E-state index contributed by atoms with van der Waals surface area (Å²) in [7, 11) is 0. The smallest absolute Gasteiger partial charge is 0.345 e. The van der Waals surface area contributed by atoms with E-state index >= 15 is 0 Å². The van der Waals surface area contributed by atoms with Gasteiger partial charge in [0, 0.05) is 5.56 Å². The van der Waals surface area contributed by atoms with Crippen molar-refractivity contribution in [1.82, 2.24) is 20.2 Å². The van der Waals surface area contributed by atoms with Gasteiger partial charge in [0.2, 0.25) is 0 Å². The summed E-state index contributed by atoms with van der Waals surface area (Å²) in [6.07, 6.45) is 0.766. The molecular weight excluding hydrogens is 336 g/mol. The number of hydrogen-bond donors (Lipinski definition) is 0. The van der Waals surface area contributed by atoms with Crippen molar-refractivity contribution < 1.29 is 9.53 Å². The van der Waals surface area contributed by atoms with E-state index in [0.717, 1.165) is 12.0 Å². The van der Waals surface area contributed by atoms with Crippen molar-refractivity contribution in [3.8, 4) is 17.4 Å². The molecule has 0 amide bonds. The van der Waals surface area contributed by atoms with Crippen LogP contribution < -0.4 is 4.74 Å². The maximum Gasteiger partial charge on any atom is 0.345 e. The van der Waals surface area contributed by atoms with Crippen LogP contribution in [0.2, 0.25) is 0 Å².